The Kier molecular flexibility index (Phi) is 3.27. The summed E-state index contributed by atoms with van der Waals surface area (Å²) in [5.41, 5.74) is 5.32. The van der Waals surface area contributed by atoms with Crippen molar-refractivity contribution >= 4 is 5.84 Å². The molecule has 0 saturated carbocycles. The molecular weight excluding hydrogens is 116 g/mol. The van der Waals surface area contributed by atoms with Crippen LogP contribution in [0.15, 0.2) is 11.9 Å². The summed E-state index contributed by atoms with van der Waals surface area (Å²) in [6, 6.07) is 0. The van der Waals surface area contributed by atoms with Gasteiger partial charge >= 0.3 is 0 Å². The van der Waals surface area contributed by atoms with Crippen molar-refractivity contribution < 1.29 is 0 Å². The lowest BCUT2D eigenvalue weighted by molar-refractivity contribution is 0.963. The van der Waals surface area contributed by atoms with Crippen molar-refractivity contribution in [2.45, 2.75) is 0 Å². The summed E-state index contributed by atoms with van der Waals surface area (Å²) in [7, 11) is 3.37. The fraction of sp³-hybridized carbons (Fsp3) is 0.400. The standard InChI is InChI=1S/C5H12N4/c1-8-4(6)3-5(7)9-2/h3,8H,6H2,1-2H3,(H2,7,9)/b4-3-. The average molecular weight is 128 g/mol. The van der Waals surface area contributed by atoms with Crippen LogP contribution >= 0.6 is 0 Å². The molecule has 0 atom stereocenters. The molecule has 0 aliphatic carbocycles. The summed E-state index contributed by atoms with van der Waals surface area (Å²) < 4.78 is 0. The smallest absolute Gasteiger partial charge is 0.121 e. The van der Waals surface area contributed by atoms with E-state index in [-0.39, 0.29) is 0 Å². The van der Waals surface area contributed by atoms with Gasteiger partial charge in [0.2, 0.25) is 0 Å². The van der Waals surface area contributed by atoms with Crippen LogP contribution in [-0.2, 0) is 0 Å². The molecule has 52 valence electrons. The van der Waals surface area contributed by atoms with Gasteiger partial charge in [-0.1, -0.05) is 0 Å². The molecule has 0 rings (SSSR count). The summed E-state index contributed by atoms with van der Waals surface area (Å²) in [5.74, 6) is 0.774. The topological polar surface area (TPSA) is 73.9 Å². The molecule has 0 aromatic carbocycles. The molecule has 0 bridgehead atoms. The summed E-state index contributed by atoms with van der Waals surface area (Å²) in [6.07, 6.45) is 1.50. The van der Waals surface area contributed by atoms with Crippen LogP contribution in [0.1, 0.15) is 0 Å². The molecule has 0 aliphatic heterocycles. The van der Waals surface area contributed by atoms with Gasteiger partial charge in [0, 0.05) is 20.2 Å². The van der Waals surface area contributed by atoms with Gasteiger partial charge in [-0.05, 0) is 0 Å². The summed E-state index contributed by atoms with van der Waals surface area (Å²) >= 11 is 0. The van der Waals surface area contributed by atoms with Crippen LogP contribution in [0.4, 0.5) is 0 Å². The van der Waals surface area contributed by atoms with Crippen molar-refractivity contribution in [2.75, 3.05) is 14.1 Å². The molecule has 0 saturated heterocycles. The lowest BCUT2D eigenvalue weighted by atomic mass is 10.5. The molecule has 0 spiro atoms. The van der Waals surface area contributed by atoms with E-state index >= 15 is 0 Å². The van der Waals surface area contributed by atoms with Crippen molar-refractivity contribution in [2.24, 2.45) is 5.73 Å². The van der Waals surface area contributed by atoms with Gasteiger partial charge in [-0.2, -0.15) is 0 Å². The van der Waals surface area contributed by atoms with E-state index in [1.807, 2.05) is 0 Å². The zero-order chi connectivity index (χ0) is 7.28. The zero-order valence-corrected chi connectivity index (χ0v) is 5.65. The highest BCUT2D eigenvalue weighted by Crippen LogP contribution is 1.73. The van der Waals surface area contributed by atoms with Gasteiger partial charge in [-0.3, -0.25) is 5.41 Å². The van der Waals surface area contributed by atoms with Crippen LogP contribution < -0.4 is 16.4 Å². The van der Waals surface area contributed by atoms with Gasteiger partial charge in [0.15, 0.2) is 0 Å². The van der Waals surface area contributed by atoms with E-state index in [4.69, 9.17) is 11.1 Å². The van der Waals surface area contributed by atoms with Crippen LogP contribution in [0.25, 0.3) is 0 Å². The molecule has 0 aliphatic rings. The van der Waals surface area contributed by atoms with E-state index in [1.54, 1.807) is 14.1 Å². The van der Waals surface area contributed by atoms with Crippen LogP contribution in [-0.4, -0.2) is 19.9 Å². The number of rotatable bonds is 2. The Morgan fingerprint density at radius 3 is 2.33 bits per heavy atom. The van der Waals surface area contributed by atoms with Gasteiger partial charge in [0.1, 0.15) is 5.84 Å². The molecule has 9 heavy (non-hydrogen) atoms. The lowest BCUT2D eigenvalue weighted by Gasteiger charge is -1.98. The number of likely N-dealkylation sites (N-methyl/N-ethyl adjacent to an activating group) is 1. The Bertz CT molecular complexity index is 127. The molecule has 0 radical (unpaired) electrons. The second kappa shape index (κ2) is 3.77. The van der Waals surface area contributed by atoms with Gasteiger partial charge in [0.25, 0.3) is 0 Å². The predicted octanol–water partition coefficient (Wildman–Crippen LogP) is -0.797. The van der Waals surface area contributed by atoms with Crippen LogP contribution in [0.3, 0.4) is 0 Å². The molecule has 0 fully saturated rings. The maximum atomic E-state index is 7.06. The molecule has 0 aromatic heterocycles. The van der Waals surface area contributed by atoms with Gasteiger partial charge < -0.3 is 16.4 Å². The first-order valence-electron chi connectivity index (χ1n) is 2.62. The second-order valence-electron chi connectivity index (χ2n) is 1.51. The van der Waals surface area contributed by atoms with Crippen LogP contribution in [0.2, 0.25) is 0 Å². The Labute approximate surface area is 54.6 Å². The highest BCUT2D eigenvalue weighted by Gasteiger charge is 1.85. The summed E-state index contributed by atoms with van der Waals surface area (Å²) in [6.45, 7) is 0. The Morgan fingerprint density at radius 2 is 2.00 bits per heavy atom. The van der Waals surface area contributed by atoms with Crippen molar-refractivity contribution in [3.8, 4) is 0 Å². The van der Waals surface area contributed by atoms with E-state index in [0.717, 1.165) is 0 Å². The van der Waals surface area contributed by atoms with Crippen LogP contribution in [0, 0.1) is 5.41 Å². The van der Waals surface area contributed by atoms with Crippen molar-refractivity contribution in [3.63, 3.8) is 0 Å². The van der Waals surface area contributed by atoms with E-state index in [0.29, 0.717) is 11.7 Å². The minimum Gasteiger partial charge on any atom is -0.385 e. The number of nitrogens with two attached hydrogens (primary N) is 1. The van der Waals surface area contributed by atoms with Crippen molar-refractivity contribution in [1.29, 1.82) is 5.41 Å². The normalized spacial score (nSPS) is 10.7. The van der Waals surface area contributed by atoms with E-state index in [2.05, 4.69) is 10.6 Å². The fourth-order valence-electron chi connectivity index (χ4n) is 0.300. The molecule has 0 amide bonds. The van der Waals surface area contributed by atoms with E-state index in [9.17, 15) is 0 Å². The molecule has 0 aromatic rings. The van der Waals surface area contributed by atoms with E-state index < -0.39 is 0 Å². The second-order valence-corrected chi connectivity index (χ2v) is 1.51. The highest BCUT2D eigenvalue weighted by molar-refractivity contribution is 5.90. The number of amidine groups is 1. The predicted molar refractivity (Wildman–Crippen MR) is 38.1 cm³/mol. The molecule has 0 unspecified atom stereocenters. The number of nitrogens with one attached hydrogen (secondary N) is 3. The maximum absolute atomic E-state index is 7.06. The van der Waals surface area contributed by atoms with Gasteiger partial charge in [0.05, 0.1) is 5.82 Å². The summed E-state index contributed by atoms with van der Waals surface area (Å²) in [5, 5.41) is 12.4. The minimum atomic E-state index is 0.293. The highest BCUT2D eigenvalue weighted by atomic mass is 15.0. The third-order valence-corrected chi connectivity index (χ3v) is 0.858. The lowest BCUT2D eigenvalue weighted by Crippen LogP contribution is -2.21. The molecule has 4 nitrogen and oxygen atoms in total. The molecule has 4 heteroatoms. The largest absolute Gasteiger partial charge is 0.385 e. The first-order chi connectivity index (χ1) is 4.20. The first kappa shape index (κ1) is 7.81. The molecular formula is C5H12N4. The Hall–Kier alpha value is -1.19. The SMILES string of the molecule is CNC(=N)/C=C(/N)NC. The zero-order valence-electron chi connectivity index (χ0n) is 5.65. The quantitative estimate of drug-likeness (QED) is 0.290. The first-order valence-corrected chi connectivity index (χ1v) is 2.62. The van der Waals surface area contributed by atoms with E-state index in [1.165, 1.54) is 6.08 Å². The number of hydrogen-bond acceptors (Lipinski definition) is 3. The maximum Gasteiger partial charge on any atom is 0.121 e. The third kappa shape index (κ3) is 3.40. The van der Waals surface area contributed by atoms with Crippen molar-refractivity contribution in [3.05, 3.63) is 11.9 Å². The molecule has 0 heterocycles. The minimum absolute atomic E-state index is 0.293. The Balaban J connectivity index is 3.79. The third-order valence-electron chi connectivity index (χ3n) is 0.858. The van der Waals surface area contributed by atoms with Gasteiger partial charge in [-0.15, -0.1) is 0 Å². The van der Waals surface area contributed by atoms with Gasteiger partial charge in [-0.25, -0.2) is 0 Å². The average Bonchev–Trinajstić information content (AvgIpc) is 1.87. The molecule has 5 N–H and O–H groups in total. The monoisotopic (exact) mass is 128 g/mol. The number of hydrogen-bond donors (Lipinski definition) is 4. The Morgan fingerprint density at radius 1 is 1.44 bits per heavy atom. The summed E-state index contributed by atoms with van der Waals surface area (Å²) in [4.78, 5) is 0. The fourth-order valence-corrected chi connectivity index (χ4v) is 0.300. The van der Waals surface area contributed by atoms with Crippen molar-refractivity contribution in [1.82, 2.24) is 10.6 Å². The van der Waals surface area contributed by atoms with Crippen LogP contribution in [0.5, 0.6) is 0 Å².